The Labute approximate surface area is 96.0 Å². The molecule has 0 spiro atoms. The minimum Gasteiger partial charge on any atom is -0.298 e. The van der Waals surface area contributed by atoms with Crippen molar-refractivity contribution in [1.29, 1.82) is 0 Å². The molecule has 0 unspecified atom stereocenters. The Morgan fingerprint density at radius 3 is 2.19 bits per heavy atom. The zero-order valence-corrected chi connectivity index (χ0v) is 10.2. The molecular formula is C12H19NO3. The Hall–Kier alpha value is -1.19. The number of hydrogen-bond acceptors (Lipinski definition) is 3. The van der Waals surface area contributed by atoms with Gasteiger partial charge in [-0.05, 0) is 11.8 Å². The van der Waals surface area contributed by atoms with Gasteiger partial charge in [0.2, 0.25) is 11.8 Å². The van der Waals surface area contributed by atoms with E-state index >= 15 is 0 Å². The minimum atomic E-state index is -0.265. The van der Waals surface area contributed by atoms with Crippen molar-refractivity contribution in [2.75, 3.05) is 6.54 Å². The molecule has 4 nitrogen and oxygen atoms in total. The molecule has 1 rings (SSSR count). The Bertz CT molecular complexity index is 300. The van der Waals surface area contributed by atoms with E-state index in [1.807, 2.05) is 20.8 Å². The lowest BCUT2D eigenvalue weighted by molar-refractivity contribution is -0.154. The number of carbonyl (C=O) groups excluding carboxylic acids is 3. The summed E-state index contributed by atoms with van der Waals surface area (Å²) >= 11 is 0. The van der Waals surface area contributed by atoms with Crippen LogP contribution in [-0.2, 0) is 14.4 Å². The lowest BCUT2D eigenvalue weighted by Gasteiger charge is -2.34. The molecule has 0 bridgehead atoms. The van der Waals surface area contributed by atoms with Gasteiger partial charge < -0.3 is 0 Å². The van der Waals surface area contributed by atoms with Crippen molar-refractivity contribution in [2.24, 2.45) is 5.41 Å². The second-order valence-electron chi connectivity index (χ2n) is 5.18. The molecule has 0 aromatic heterocycles. The first-order chi connectivity index (χ1) is 7.35. The predicted octanol–water partition coefficient (Wildman–Crippen LogP) is 1.53. The third-order valence-electron chi connectivity index (χ3n) is 2.72. The lowest BCUT2D eigenvalue weighted by atomic mass is 9.81. The normalized spacial score (nSPS) is 20.1. The molecular weight excluding hydrogens is 206 g/mol. The average Bonchev–Trinajstić information content (AvgIpc) is 2.10. The molecule has 0 saturated carbocycles. The summed E-state index contributed by atoms with van der Waals surface area (Å²) in [7, 11) is 0. The topological polar surface area (TPSA) is 54.5 Å². The van der Waals surface area contributed by atoms with E-state index in [0.29, 0.717) is 19.3 Å². The number of Topliss-reactive ketones (excluding diaryl/α,β-unsaturated/α-hetero) is 1. The highest BCUT2D eigenvalue weighted by atomic mass is 16.2. The Morgan fingerprint density at radius 1 is 1.25 bits per heavy atom. The van der Waals surface area contributed by atoms with Gasteiger partial charge in [-0.1, -0.05) is 20.8 Å². The Balaban J connectivity index is 2.65. The van der Waals surface area contributed by atoms with Crippen LogP contribution in [0.2, 0.25) is 0 Å². The van der Waals surface area contributed by atoms with E-state index in [0.717, 1.165) is 11.3 Å². The van der Waals surface area contributed by atoms with E-state index in [1.165, 1.54) is 0 Å². The lowest BCUT2D eigenvalue weighted by Crippen LogP contribution is -2.48. The SMILES string of the molecule is CCCC(=O)CN1C(=O)CC(C)(C)CC1=O. The number of piperidine rings is 1. The molecule has 0 atom stereocenters. The molecule has 0 aromatic rings. The summed E-state index contributed by atoms with van der Waals surface area (Å²) in [5, 5.41) is 0. The smallest absolute Gasteiger partial charge is 0.230 e. The second kappa shape index (κ2) is 4.76. The number of amides is 2. The molecule has 1 aliphatic heterocycles. The first kappa shape index (κ1) is 12.9. The maximum absolute atomic E-state index is 11.7. The van der Waals surface area contributed by atoms with Gasteiger partial charge in [0.15, 0.2) is 5.78 Å². The molecule has 0 aliphatic carbocycles. The van der Waals surface area contributed by atoms with Crippen LogP contribution < -0.4 is 0 Å². The van der Waals surface area contributed by atoms with Crippen molar-refractivity contribution in [3.63, 3.8) is 0 Å². The van der Waals surface area contributed by atoms with Crippen LogP contribution in [0.15, 0.2) is 0 Å². The predicted molar refractivity (Wildman–Crippen MR) is 59.7 cm³/mol. The van der Waals surface area contributed by atoms with Crippen molar-refractivity contribution < 1.29 is 14.4 Å². The van der Waals surface area contributed by atoms with E-state index in [2.05, 4.69) is 0 Å². The van der Waals surface area contributed by atoms with Gasteiger partial charge in [-0.3, -0.25) is 19.3 Å². The van der Waals surface area contributed by atoms with Crippen molar-refractivity contribution in [2.45, 2.75) is 46.5 Å². The molecule has 4 heteroatoms. The fourth-order valence-electron chi connectivity index (χ4n) is 1.92. The van der Waals surface area contributed by atoms with Crippen LogP contribution in [0, 0.1) is 5.41 Å². The summed E-state index contributed by atoms with van der Waals surface area (Å²) in [6, 6.07) is 0. The van der Waals surface area contributed by atoms with Crippen LogP contribution in [0.1, 0.15) is 46.5 Å². The zero-order valence-electron chi connectivity index (χ0n) is 10.2. The number of likely N-dealkylation sites (tertiary alicyclic amines) is 1. The van der Waals surface area contributed by atoms with E-state index in [-0.39, 0.29) is 29.6 Å². The van der Waals surface area contributed by atoms with E-state index in [4.69, 9.17) is 0 Å². The summed E-state index contributed by atoms with van der Waals surface area (Å²) in [6.07, 6.45) is 1.87. The second-order valence-corrected chi connectivity index (χ2v) is 5.18. The quantitative estimate of drug-likeness (QED) is 0.682. The summed E-state index contributed by atoms with van der Waals surface area (Å²) in [5.74, 6) is -0.472. The number of ketones is 1. The maximum atomic E-state index is 11.7. The number of nitrogens with zero attached hydrogens (tertiary/aromatic N) is 1. The molecule has 2 amide bonds. The van der Waals surface area contributed by atoms with Gasteiger partial charge in [0.05, 0.1) is 6.54 Å². The van der Waals surface area contributed by atoms with Crippen LogP contribution in [-0.4, -0.2) is 29.0 Å². The van der Waals surface area contributed by atoms with Gasteiger partial charge >= 0.3 is 0 Å². The first-order valence-corrected chi connectivity index (χ1v) is 5.70. The number of hydrogen-bond donors (Lipinski definition) is 0. The Kier molecular flexibility index (Phi) is 3.83. The van der Waals surface area contributed by atoms with Crippen LogP contribution in [0.5, 0.6) is 0 Å². The number of rotatable bonds is 4. The van der Waals surface area contributed by atoms with Crippen LogP contribution in [0.25, 0.3) is 0 Å². The summed E-state index contributed by atoms with van der Waals surface area (Å²) < 4.78 is 0. The molecule has 0 radical (unpaired) electrons. The minimum absolute atomic E-state index is 0.0380. The molecule has 1 aliphatic rings. The molecule has 16 heavy (non-hydrogen) atoms. The molecule has 0 N–H and O–H groups in total. The molecule has 1 saturated heterocycles. The molecule has 90 valence electrons. The van der Waals surface area contributed by atoms with E-state index in [1.54, 1.807) is 0 Å². The average molecular weight is 225 g/mol. The van der Waals surface area contributed by atoms with Crippen molar-refractivity contribution in [3.8, 4) is 0 Å². The van der Waals surface area contributed by atoms with E-state index in [9.17, 15) is 14.4 Å². The summed E-state index contributed by atoms with van der Waals surface area (Å²) in [5.41, 5.74) is -0.265. The van der Waals surface area contributed by atoms with Gasteiger partial charge in [0.1, 0.15) is 0 Å². The van der Waals surface area contributed by atoms with Gasteiger partial charge in [0, 0.05) is 19.3 Å². The van der Waals surface area contributed by atoms with Gasteiger partial charge in [-0.15, -0.1) is 0 Å². The largest absolute Gasteiger partial charge is 0.298 e. The maximum Gasteiger partial charge on any atom is 0.230 e. The highest BCUT2D eigenvalue weighted by molar-refractivity contribution is 6.01. The van der Waals surface area contributed by atoms with Gasteiger partial charge in [-0.2, -0.15) is 0 Å². The van der Waals surface area contributed by atoms with Crippen molar-refractivity contribution >= 4 is 17.6 Å². The first-order valence-electron chi connectivity index (χ1n) is 5.70. The zero-order chi connectivity index (χ0) is 12.3. The van der Waals surface area contributed by atoms with Gasteiger partial charge in [0.25, 0.3) is 0 Å². The van der Waals surface area contributed by atoms with Crippen LogP contribution in [0.4, 0.5) is 0 Å². The van der Waals surface area contributed by atoms with Crippen LogP contribution >= 0.6 is 0 Å². The summed E-state index contributed by atoms with van der Waals surface area (Å²) in [6.45, 7) is 5.66. The monoisotopic (exact) mass is 225 g/mol. The fraction of sp³-hybridized carbons (Fsp3) is 0.750. The fourth-order valence-corrected chi connectivity index (χ4v) is 1.92. The highest BCUT2D eigenvalue weighted by Crippen LogP contribution is 2.31. The number of imide groups is 1. The summed E-state index contributed by atoms with van der Waals surface area (Å²) in [4.78, 5) is 36.0. The van der Waals surface area contributed by atoms with Gasteiger partial charge in [-0.25, -0.2) is 0 Å². The van der Waals surface area contributed by atoms with E-state index < -0.39 is 0 Å². The third-order valence-corrected chi connectivity index (χ3v) is 2.72. The van der Waals surface area contributed by atoms with Crippen LogP contribution in [0.3, 0.4) is 0 Å². The van der Waals surface area contributed by atoms with Crippen molar-refractivity contribution in [1.82, 2.24) is 4.90 Å². The molecule has 0 aromatic carbocycles. The Morgan fingerprint density at radius 2 is 1.75 bits per heavy atom. The third kappa shape index (κ3) is 3.15. The molecule has 1 heterocycles. The highest BCUT2D eigenvalue weighted by Gasteiger charge is 2.37. The molecule has 1 fully saturated rings. The standard InChI is InChI=1S/C12H19NO3/c1-4-5-9(14)8-13-10(15)6-12(2,3)7-11(13)16/h4-8H2,1-3H3. The number of carbonyl (C=O) groups is 3. The van der Waals surface area contributed by atoms with Crippen molar-refractivity contribution in [3.05, 3.63) is 0 Å².